The molecule has 0 aliphatic heterocycles. The van der Waals surface area contributed by atoms with Gasteiger partial charge in [0.2, 0.25) is 5.95 Å². The summed E-state index contributed by atoms with van der Waals surface area (Å²) in [6.45, 7) is 0. The molecule has 0 bridgehead atoms. The maximum atomic E-state index is 15.0. The summed E-state index contributed by atoms with van der Waals surface area (Å²) in [5.41, 5.74) is 1.55. The van der Waals surface area contributed by atoms with E-state index in [0.29, 0.717) is 22.6 Å². The number of halogens is 3. The second-order valence-electron chi connectivity index (χ2n) is 8.39. The predicted molar refractivity (Wildman–Crippen MR) is 136 cm³/mol. The second-order valence-corrected chi connectivity index (χ2v) is 9.65. The topological polar surface area (TPSA) is 49.8 Å². The molecule has 1 aliphatic carbocycles. The van der Waals surface area contributed by atoms with E-state index in [-0.39, 0.29) is 11.3 Å². The third kappa shape index (κ3) is 5.10. The van der Waals surface area contributed by atoms with Crippen LogP contribution in [0.15, 0.2) is 65.7 Å². The van der Waals surface area contributed by atoms with Crippen LogP contribution in [-0.2, 0) is 0 Å². The van der Waals surface area contributed by atoms with Gasteiger partial charge in [0.15, 0.2) is 0 Å². The van der Waals surface area contributed by atoms with Crippen LogP contribution < -0.4 is 10.0 Å². The predicted octanol–water partition coefficient (Wildman–Crippen LogP) is 8.09. The lowest BCUT2D eigenvalue weighted by Crippen LogP contribution is -2.23. The van der Waals surface area contributed by atoms with Crippen molar-refractivity contribution < 1.29 is 8.78 Å². The van der Waals surface area contributed by atoms with E-state index in [1.807, 2.05) is 18.2 Å². The molecule has 5 rings (SSSR count). The number of benzene rings is 3. The molecule has 0 amide bonds. The SMILES string of the molecule is Fc1cc(-c2ccc3nc(NC4CCCCC4)ncc3c2)c(F)cc1NSc1ccccc1Cl. The zero-order valence-corrected chi connectivity index (χ0v) is 19.9. The van der Waals surface area contributed by atoms with Gasteiger partial charge in [-0.2, -0.15) is 0 Å². The highest BCUT2D eigenvalue weighted by Crippen LogP contribution is 2.33. The average Bonchev–Trinajstić information content (AvgIpc) is 2.85. The molecule has 3 aromatic carbocycles. The van der Waals surface area contributed by atoms with Crippen molar-refractivity contribution in [2.75, 3.05) is 10.0 Å². The number of aromatic nitrogens is 2. The fourth-order valence-corrected chi connectivity index (χ4v) is 5.12. The van der Waals surface area contributed by atoms with E-state index < -0.39 is 11.6 Å². The van der Waals surface area contributed by atoms with Crippen LogP contribution in [0.1, 0.15) is 32.1 Å². The summed E-state index contributed by atoms with van der Waals surface area (Å²) in [6, 6.07) is 15.3. The van der Waals surface area contributed by atoms with Gasteiger partial charge in [-0.25, -0.2) is 18.7 Å². The zero-order valence-electron chi connectivity index (χ0n) is 18.3. The van der Waals surface area contributed by atoms with Gasteiger partial charge in [0.1, 0.15) is 11.6 Å². The molecule has 1 heterocycles. The van der Waals surface area contributed by atoms with Crippen molar-refractivity contribution in [3.8, 4) is 11.1 Å². The molecule has 174 valence electrons. The number of nitrogens with one attached hydrogen (secondary N) is 2. The Morgan fingerprint density at radius 1 is 0.941 bits per heavy atom. The summed E-state index contributed by atoms with van der Waals surface area (Å²) in [4.78, 5) is 9.76. The molecule has 2 N–H and O–H groups in total. The molecule has 0 unspecified atom stereocenters. The van der Waals surface area contributed by atoms with Crippen molar-refractivity contribution >= 4 is 46.1 Å². The first-order chi connectivity index (χ1) is 16.6. The molecule has 0 spiro atoms. The molecule has 0 atom stereocenters. The molecular weight excluding hydrogens is 474 g/mol. The van der Waals surface area contributed by atoms with Crippen molar-refractivity contribution in [2.24, 2.45) is 0 Å². The lowest BCUT2D eigenvalue weighted by Gasteiger charge is -2.22. The minimum absolute atomic E-state index is 0.0497. The normalized spacial score (nSPS) is 14.3. The third-order valence-corrected chi connectivity index (χ3v) is 7.33. The van der Waals surface area contributed by atoms with Crippen LogP contribution in [0.3, 0.4) is 0 Å². The summed E-state index contributed by atoms with van der Waals surface area (Å²) in [5, 5.41) is 4.72. The lowest BCUT2D eigenvalue weighted by molar-refractivity contribution is 0.461. The smallest absolute Gasteiger partial charge is 0.223 e. The van der Waals surface area contributed by atoms with Gasteiger partial charge in [0.05, 0.1) is 16.2 Å². The number of anilines is 2. The first kappa shape index (κ1) is 22.9. The highest BCUT2D eigenvalue weighted by Gasteiger charge is 2.16. The lowest BCUT2D eigenvalue weighted by atomic mass is 9.96. The maximum absolute atomic E-state index is 15.0. The Morgan fingerprint density at radius 3 is 2.59 bits per heavy atom. The van der Waals surface area contributed by atoms with E-state index >= 15 is 0 Å². The van der Waals surface area contributed by atoms with Gasteiger partial charge < -0.3 is 10.0 Å². The van der Waals surface area contributed by atoms with E-state index in [4.69, 9.17) is 11.6 Å². The summed E-state index contributed by atoms with van der Waals surface area (Å²) in [6.07, 6.45) is 7.72. The molecule has 4 aromatic rings. The van der Waals surface area contributed by atoms with Crippen LogP contribution in [0.5, 0.6) is 0 Å². The van der Waals surface area contributed by atoms with Gasteiger partial charge in [-0.15, -0.1) is 0 Å². The van der Waals surface area contributed by atoms with E-state index in [0.717, 1.165) is 46.7 Å². The Morgan fingerprint density at radius 2 is 1.76 bits per heavy atom. The fourth-order valence-electron chi connectivity index (χ4n) is 4.18. The van der Waals surface area contributed by atoms with Gasteiger partial charge in [0, 0.05) is 34.2 Å². The van der Waals surface area contributed by atoms with E-state index in [9.17, 15) is 8.78 Å². The summed E-state index contributed by atoms with van der Waals surface area (Å²) >= 11 is 7.26. The fraction of sp³-hybridized carbons (Fsp3) is 0.231. The third-order valence-electron chi connectivity index (χ3n) is 5.99. The number of fused-ring (bicyclic) bond motifs is 1. The minimum Gasteiger partial charge on any atom is -0.351 e. The molecule has 1 fully saturated rings. The van der Waals surface area contributed by atoms with Gasteiger partial charge in [-0.3, -0.25) is 0 Å². The molecule has 0 saturated heterocycles. The maximum Gasteiger partial charge on any atom is 0.223 e. The molecule has 8 heteroatoms. The summed E-state index contributed by atoms with van der Waals surface area (Å²) in [7, 11) is 0. The zero-order chi connectivity index (χ0) is 23.5. The molecular formula is C26H23ClF2N4S. The second kappa shape index (κ2) is 10.2. The van der Waals surface area contributed by atoms with E-state index in [2.05, 4.69) is 20.0 Å². The molecule has 34 heavy (non-hydrogen) atoms. The summed E-state index contributed by atoms with van der Waals surface area (Å²) < 4.78 is 32.6. The van der Waals surface area contributed by atoms with Crippen molar-refractivity contribution in [3.63, 3.8) is 0 Å². The van der Waals surface area contributed by atoms with Crippen LogP contribution in [0.4, 0.5) is 20.4 Å². The first-order valence-electron chi connectivity index (χ1n) is 11.3. The number of nitrogens with zero attached hydrogens (tertiary/aromatic N) is 2. The minimum atomic E-state index is -0.556. The summed E-state index contributed by atoms with van der Waals surface area (Å²) in [5.74, 6) is -0.477. The Labute approximate surface area is 206 Å². The largest absolute Gasteiger partial charge is 0.351 e. The van der Waals surface area contributed by atoms with Crippen LogP contribution in [0.25, 0.3) is 22.0 Å². The standard InChI is InChI=1S/C26H23ClF2N4S/c27-20-8-4-5-9-25(20)34-33-24-14-21(28)19(13-22(24)29)16-10-11-23-17(12-16)15-30-26(32-23)31-18-6-2-1-3-7-18/h4-5,8-15,18,33H,1-3,6-7H2,(H,30,31,32). The van der Waals surface area contributed by atoms with Crippen molar-refractivity contribution in [1.29, 1.82) is 0 Å². The number of hydrogen-bond acceptors (Lipinski definition) is 5. The Balaban J connectivity index is 1.35. The van der Waals surface area contributed by atoms with Gasteiger partial charge in [-0.1, -0.05) is 49.1 Å². The van der Waals surface area contributed by atoms with Crippen LogP contribution in [-0.4, -0.2) is 16.0 Å². The van der Waals surface area contributed by atoms with E-state index in [1.54, 1.807) is 30.5 Å². The average molecular weight is 497 g/mol. The van der Waals surface area contributed by atoms with Crippen molar-refractivity contribution in [1.82, 2.24) is 9.97 Å². The molecule has 1 aromatic heterocycles. The first-order valence-corrected chi connectivity index (χ1v) is 12.5. The molecule has 1 saturated carbocycles. The molecule has 4 nitrogen and oxygen atoms in total. The van der Waals surface area contributed by atoms with Crippen molar-refractivity contribution in [2.45, 2.75) is 43.0 Å². The van der Waals surface area contributed by atoms with E-state index in [1.165, 1.54) is 25.3 Å². The van der Waals surface area contributed by atoms with Crippen molar-refractivity contribution in [3.05, 3.63) is 77.5 Å². The van der Waals surface area contributed by atoms with Crippen LogP contribution >= 0.6 is 23.5 Å². The molecule has 1 aliphatic rings. The monoisotopic (exact) mass is 496 g/mol. The Hall–Kier alpha value is -2.90. The van der Waals surface area contributed by atoms with Crippen LogP contribution in [0, 0.1) is 11.6 Å². The van der Waals surface area contributed by atoms with Crippen LogP contribution in [0.2, 0.25) is 5.02 Å². The van der Waals surface area contributed by atoms with Gasteiger partial charge >= 0.3 is 0 Å². The number of hydrogen-bond donors (Lipinski definition) is 2. The Bertz CT molecular complexity index is 1330. The highest BCUT2D eigenvalue weighted by molar-refractivity contribution is 8.00. The van der Waals surface area contributed by atoms with Gasteiger partial charge in [-0.05, 0) is 60.7 Å². The highest BCUT2D eigenvalue weighted by atomic mass is 35.5. The quantitative estimate of drug-likeness (QED) is 0.264. The Kier molecular flexibility index (Phi) is 6.83. The van der Waals surface area contributed by atoms with Gasteiger partial charge in [0.25, 0.3) is 0 Å². The molecule has 0 radical (unpaired) electrons. The number of rotatable bonds is 6.